The maximum Gasteiger partial charge on any atom is 0.336 e. The molecule has 0 aliphatic heterocycles. The Bertz CT molecular complexity index is 643. The maximum atomic E-state index is 12.1. The van der Waals surface area contributed by atoms with Crippen LogP contribution in [0.3, 0.4) is 0 Å². The first-order chi connectivity index (χ1) is 10.1. The van der Waals surface area contributed by atoms with Crippen molar-refractivity contribution in [2.75, 3.05) is 5.32 Å². The van der Waals surface area contributed by atoms with Crippen molar-refractivity contribution in [2.45, 2.75) is 17.1 Å². The number of carbonyl (C=O) groups excluding carboxylic acids is 1. The average molecular weight is 301 g/mol. The van der Waals surface area contributed by atoms with Gasteiger partial charge in [-0.2, -0.15) is 0 Å². The molecule has 0 saturated heterocycles. The summed E-state index contributed by atoms with van der Waals surface area (Å²) in [5.74, 6) is -1.15. The van der Waals surface area contributed by atoms with Crippen LogP contribution in [0.2, 0.25) is 0 Å². The van der Waals surface area contributed by atoms with E-state index >= 15 is 0 Å². The van der Waals surface area contributed by atoms with Gasteiger partial charge in [-0.15, -0.1) is 11.8 Å². The molecule has 0 bridgehead atoms. The Kier molecular flexibility index (Phi) is 5.00. The summed E-state index contributed by atoms with van der Waals surface area (Å²) in [6, 6.07) is 15.8. The van der Waals surface area contributed by atoms with E-state index in [-0.39, 0.29) is 11.5 Å². The van der Waals surface area contributed by atoms with E-state index in [1.54, 1.807) is 37.3 Å². The molecule has 5 heteroatoms. The molecule has 0 radical (unpaired) electrons. The molecular weight excluding hydrogens is 286 g/mol. The zero-order valence-electron chi connectivity index (χ0n) is 11.4. The van der Waals surface area contributed by atoms with Gasteiger partial charge in [0, 0.05) is 10.6 Å². The first kappa shape index (κ1) is 15.1. The topological polar surface area (TPSA) is 66.4 Å². The number of benzene rings is 2. The highest BCUT2D eigenvalue weighted by Gasteiger charge is 2.18. The van der Waals surface area contributed by atoms with Gasteiger partial charge in [-0.3, -0.25) is 4.79 Å². The van der Waals surface area contributed by atoms with E-state index in [0.29, 0.717) is 4.90 Å². The Morgan fingerprint density at radius 2 is 1.67 bits per heavy atom. The summed E-state index contributed by atoms with van der Waals surface area (Å²) in [7, 11) is 0. The van der Waals surface area contributed by atoms with Crippen LogP contribution in [-0.2, 0) is 4.79 Å². The van der Waals surface area contributed by atoms with Gasteiger partial charge >= 0.3 is 5.97 Å². The zero-order valence-corrected chi connectivity index (χ0v) is 12.3. The van der Waals surface area contributed by atoms with Gasteiger partial charge in [0.05, 0.1) is 10.8 Å². The molecule has 21 heavy (non-hydrogen) atoms. The number of rotatable bonds is 5. The van der Waals surface area contributed by atoms with Gasteiger partial charge in [-0.1, -0.05) is 30.3 Å². The number of carboxylic acid groups (broad SMARTS) is 1. The van der Waals surface area contributed by atoms with Gasteiger partial charge in [0.2, 0.25) is 5.91 Å². The summed E-state index contributed by atoms with van der Waals surface area (Å²) in [5, 5.41) is 11.5. The molecule has 0 heterocycles. The van der Waals surface area contributed by atoms with E-state index in [0.717, 1.165) is 5.69 Å². The van der Waals surface area contributed by atoms with Crippen LogP contribution in [0.5, 0.6) is 0 Å². The summed E-state index contributed by atoms with van der Waals surface area (Å²) in [4.78, 5) is 23.9. The van der Waals surface area contributed by atoms with Crippen LogP contribution in [0.25, 0.3) is 0 Å². The Hall–Kier alpha value is -2.27. The predicted octanol–water partition coefficient (Wildman–Crippen LogP) is 3.50. The number of carbonyl (C=O) groups is 2. The fraction of sp³-hybridized carbons (Fsp3) is 0.125. The largest absolute Gasteiger partial charge is 0.478 e. The van der Waals surface area contributed by atoms with E-state index in [1.807, 2.05) is 18.2 Å². The molecule has 1 amide bonds. The molecule has 0 aliphatic carbocycles. The van der Waals surface area contributed by atoms with Gasteiger partial charge in [0.25, 0.3) is 0 Å². The van der Waals surface area contributed by atoms with Gasteiger partial charge in [0.15, 0.2) is 0 Å². The number of aromatic carboxylic acids is 1. The van der Waals surface area contributed by atoms with Crippen molar-refractivity contribution in [3.8, 4) is 0 Å². The normalized spacial score (nSPS) is 11.7. The van der Waals surface area contributed by atoms with Crippen LogP contribution in [0, 0.1) is 0 Å². The third-order valence-electron chi connectivity index (χ3n) is 2.83. The number of thioether (sulfide) groups is 1. The third kappa shape index (κ3) is 4.10. The first-order valence-electron chi connectivity index (χ1n) is 6.43. The number of hydrogen-bond donors (Lipinski definition) is 2. The van der Waals surface area contributed by atoms with Crippen LogP contribution in [0.1, 0.15) is 17.3 Å². The first-order valence-corrected chi connectivity index (χ1v) is 7.31. The molecular formula is C16H15NO3S. The van der Waals surface area contributed by atoms with Crippen LogP contribution in [0.4, 0.5) is 5.69 Å². The second kappa shape index (κ2) is 6.95. The van der Waals surface area contributed by atoms with E-state index in [4.69, 9.17) is 5.11 Å². The number of para-hydroxylation sites is 1. The number of amides is 1. The number of carboxylic acids is 1. The van der Waals surface area contributed by atoms with E-state index < -0.39 is 11.2 Å². The summed E-state index contributed by atoms with van der Waals surface area (Å²) < 4.78 is 0. The number of nitrogens with one attached hydrogen (secondary N) is 1. The minimum atomic E-state index is -0.992. The Morgan fingerprint density at radius 1 is 1.05 bits per heavy atom. The molecule has 2 rings (SSSR count). The zero-order chi connectivity index (χ0) is 15.2. The van der Waals surface area contributed by atoms with Crippen LogP contribution in [-0.4, -0.2) is 22.2 Å². The molecule has 0 aliphatic rings. The van der Waals surface area contributed by atoms with Gasteiger partial charge in [-0.05, 0) is 31.2 Å². The highest BCUT2D eigenvalue weighted by atomic mass is 32.2. The molecule has 0 aromatic heterocycles. The molecule has 108 valence electrons. The van der Waals surface area contributed by atoms with Crippen molar-refractivity contribution in [1.29, 1.82) is 0 Å². The van der Waals surface area contributed by atoms with E-state index in [2.05, 4.69) is 5.32 Å². The summed E-state index contributed by atoms with van der Waals surface area (Å²) in [5.41, 5.74) is 0.934. The van der Waals surface area contributed by atoms with Crippen LogP contribution < -0.4 is 5.32 Å². The molecule has 4 nitrogen and oxygen atoms in total. The molecule has 1 atom stereocenters. The Labute approximate surface area is 127 Å². The number of anilines is 1. The van der Waals surface area contributed by atoms with Crippen LogP contribution >= 0.6 is 11.8 Å². The second-order valence-electron chi connectivity index (χ2n) is 4.42. The second-order valence-corrected chi connectivity index (χ2v) is 5.80. The summed E-state index contributed by atoms with van der Waals surface area (Å²) in [6.07, 6.45) is 0. The Balaban J connectivity index is 2.06. The standard InChI is InChI=1S/C16H15NO3S/c1-11(15(18)17-12-7-3-2-4-8-12)21-14-10-6-5-9-13(14)16(19)20/h2-11H,1H3,(H,17,18)(H,19,20)/t11-/m1/s1. The van der Waals surface area contributed by atoms with Crippen molar-refractivity contribution < 1.29 is 14.7 Å². The highest BCUT2D eigenvalue weighted by molar-refractivity contribution is 8.00. The van der Waals surface area contributed by atoms with Crippen LogP contribution in [0.15, 0.2) is 59.5 Å². The average Bonchev–Trinajstić information content (AvgIpc) is 2.48. The SMILES string of the molecule is C[C@@H](Sc1ccccc1C(=O)O)C(=O)Nc1ccccc1. The summed E-state index contributed by atoms with van der Waals surface area (Å²) >= 11 is 1.23. The van der Waals surface area contributed by atoms with Crippen molar-refractivity contribution in [3.63, 3.8) is 0 Å². The predicted molar refractivity (Wildman–Crippen MR) is 83.8 cm³/mol. The number of hydrogen-bond acceptors (Lipinski definition) is 3. The fourth-order valence-electron chi connectivity index (χ4n) is 1.76. The van der Waals surface area contributed by atoms with Crippen molar-refractivity contribution in [2.24, 2.45) is 0 Å². The monoisotopic (exact) mass is 301 g/mol. The van der Waals surface area contributed by atoms with E-state index in [9.17, 15) is 9.59 Å². The quantitative estimate of drug-likeness (QED) is 0.829. The molecule has 0 saturated carbocycles. The van der Waals surface area contributed by atoms with Gasteiger partial charge in [0.1, 0.15) is 0 Å². The van der Waals surface area contributed by atoms with Crippen molar-refractivity contribution in [3.05, 3.63) is 60.2 Å². The fourth-order valence-corrected chi connectivity index (χ4v) is 2.74. The highest BCUT2D eigenvalue weighted by Crippen LogP contribution is 2.27. The lowest BCUT2D eigenvalue weighted by molar-refractivity contribution is -0.115. The molecule has 2 aromatic carbocycles. The third-order valence-corrected chi connectivity index (χ3v) is 4.01. The molecule has 0 spiro atoms. The van der Waals surface area contributed by atoms with E-state index in [1.165, 1.54) is 17.8 Å². The lowest BCUT2D eigenvalue weighted by atomic mass is 10.2. The smallest absolute Gasteiger partial charge is 0.336 e. The lowest BCUT2D eigenvalue weighted by Gasteiger charge is -2.13. The minimum Gasteiger partial charge on any atom is -0.478 e. The molecule has 2 N–H and O–H groups in total. The van der Waals surface area contributed by atoms with Gasteiger partial charge in [-0.25, -0.2) is 4.79 Å². The molecule has 2 aromatic rings. The Morgan fingerprint density at radius 3 is 2.33 bits per heavy atom. The van der Waals surface area contributed by atoms with Crippen molar-refractivity contribution in [1.82, 2.24) is 0 Å². The molecule has 0 unspecified atom stereocenters. The summed E-state index contributed by atoms with van der Waals surface area (Å²) in [6.45, 7) is 1.75. The van der Waals surface area contributed by atoms with Gasteiger partial charge < -0.3 is 10.4 Å². The van der Waals surface area contributed by atoms with Crippen molar-refractivity contribution >= 4 is 29.3 Å². The maximum absolute atomic E-state index is 12.1. The minimum absolute atomic E-state index is 0.161. The lowest BCUT2D eigenvalue weighted by Crippen LogP contribution is -2.22. The molecule has 0 fully saturated rings.